The molecule has 0 bridgehead atoms. The van der Waals surface area contributed by atoms with E-state index in [1.165, 1.54) is 24.3 Å². The molecule has 1 saturated heterocycles. The lowest BCUT2D eigenvalue weighted by Crippen LogP contribution is -2.45. The van der Waals surface area contributed by atoms with Crippen LogP contribution < -0.4 is 10.1 Å². The average molecular weight is 557 g/mol. The van der Waals surface area contributed by atoms with E-state index >= 15 is 0 Å². The number of aromatic nitrogens is 1. The lowest BCUT2D eigenvalue weighted by Gasteiger charge is -2.34. The molecule has 4 rings (SSSR count). The molecule has 0 atom stereocenters. The highest BCUT2D eigenvalue weighted by Crippen LogP contribution is 2.35. The van der Waals surface area contributed by atoms with Gasteiger partial charge in [0.15, 0.2) is 18.2 Å². The third-order valence-corrected chi connectivity index (χ3v) is 6.98. The minimum Gasteiger partial charge on any atom is -0.481 e. The Labute approximate surface area is 231 Å². The number of piperazine rings is 1. The highest BCUT2D eigenvalue weighted by Gasteiger charge is 2.34. The summed E-state index contributed by atoms with van der Waals surface area (Å²) in [5.74, 6) is -1.55. The fourth-order valence-corrected chi connectivity index (χ4v) is 4.61. The molecule has 0 aliphatic carbocycles. The Hall–Kier alpha value is -3.76. The maximum atomic E-state index is 14.7. The number of hydrogen-bond donors (Lipinski definition) is 1. The number of nitrogens with one attached hydrogen (secondary N) is 1. The number of likely N-dealkylation sites (N-methyl/N-ethyl adjacent to an activating group) is 1. The molecule has 40 heavy (non-hydrogen) atoms. The lowest BCUT2D eigenvalue weighted by atomic mass is 10.0. The van der Waals surface area contributed by atoms with Crippen LogP contribution in [0.15, 0.2) is 55.2 Å². The summed E-state index contributed by atoms with van der Waals surface area (Å²) in [6.45, 7) is 11.2. The van der Waals surface area contributed by atoms with Gasteiger partial charge in [0.05, 0.1) is 5.56 Å². The Balaban J connectivity index is 1.39. The van der Waals surface area contributed by atoms with Crippen molar-refractivity contribution in [3.8, 4) is 16.9 Å². The van der Waals surface area contributed by atoms with E-state index < -0.39 is 30.1 Å². The van der Waals surface area contributed by atoms with Crippen LogP contribution in [0.25, 0.3) is 17.2 Å². The number of rotatable bonds is 9. The van der Waals surface area contributed by atoms with Crippen molar-refractivity contribution in [2.75, 3.05) is 44.6 Å². The predicted molar refractivity (Wildman–Crippen MR) is 147 cm³/mol. The zero-order valence-electron chi connectivity index (χ0n) is 22.5. The van der Waals surface area contributed by atoms with Crippen molar-refractivity contribution < 1.29 is 27.1 Å². The van der Waals surface area contributed by atoms with Crippen molar-refractivity contribution in [1.29, 1.82) is 0 Å². The number of pyridine rings is 1. The number of amides is 1. The van der Waals surface area contributed by atoms with Crippen LogP contribution in [0.2, 0.25) is 0 Å². The molecule has 10 heteroatoms. The van der Waals surface area contributed by atoms with Crippen LogP contribution in [-0.2, 0) is 17.5 Å². The van der Waals surface area contributed by atoms with Crippen LogP contribution in [0.4, 0.5) is 23.2 Å². The van der Waals surface area contributed by atoms with Crippen LogP contribution >= 0.6 is 0 Å². The number of hydrogen-bond acceptors (Lipinski definition) is 5. The minimum atomic E-state index is -4.58. The van der Waals surface area contributed by atoms with Crippen LogP contribution in [0.1, 0.15) is 29.3 Å². The summed E-state index contributed by atoms with van der Waals surface area (Å²) in [7, 11) is 0. The van der Waals surface area contributed by atoms with E-state index in [0.717, 1.165) is 37.0 Å². The Morgan fingerprint density at radius 1 is 1.07 bits per heavy atom. The SMILES string of the molecule is C=Cc1cc(-c2ccc(OCC(=O)Nc3ccc(CN4CCN(CC)CC4)c(C(F)(F)F)c3)c(F)c2)cnc1C. The largest absolute Gasteiger partial charge is 0.481 e. The van der Waals surface area contributed by atoms with Crippen LogP contribution in [0, 0.1) is 12.7 Å². The molecule has 6 nitrogen and oxygen atoms in total. The molecular weight excluding hydrogens is 524 g/mol. The molecule has 1 N–H and O–H groups in total. The summed E-state index contributed by atoms with van der Waals surface area (Å²) in [5, 5.41) is 2.42. The van der Waals surface area contributed by atoms with E-state index in [0.29, 0.717) is 24.2 Å². The summed E-state index contributed by atoms with van der Waals surface area (Å²) in [5.41, 5.74) is 2.22. The summed E-state index contributed by atoms with van der Waals surface area (Å²) in [6.07, 6.45) is -1.29. The number of anilines is 1. The Morgan fingerprint density at radius 3 is 2.45 bits per heavy atom. The van der Waals surface area contributed by atoms with Crippen molar-refractivity contribution in [1.82, 2.24) is 14.8 Å². The first kappa shape index (κ1) is 29.2. The van der Waals surface area contributed by atoms with Gasteiger partial charge >= 0.3 is 6.18 Å². The highest BCUT2D eigenvalue weighted by molar-refractivity contribution is 5.92. The molecule has 1 aliphatic rings. The molecule has 1 amide bonds. The van der Waals surface area contributed by atoms with Gasteiger partial charge in [-0.2, -0.15) is 13.2 Å². The van der Waals surface area contributed by atoms with Gasteiger partial charge in [-0.15, -0.1) is 0 Å². The van der Waals surface area contributed by atoms with Crippen molar-refractivity contribution in [3.05, 3.63) is 83.4 Å². The van der Waals surface area contributed by atoms with Crippen molar-refractivity contribution in [2.24, 2.45) is 0 Å². The highest BCUT2D eigenvalue weighted by atomic mass is 19.4. The zero-order valence-corrected chi connectivity index (χ0v) is 22.5. The molecule has 0 unspecified atom stereocenters. The third-order valence-electron chi connectivity index (χ3n) is 6.98. The van der Waals surface area contributed by atoms with Gasteiger partial charge in [-0.3, -0.25) is 14.7 Å². The molecule has 1 fully saturated rings. The van der Waals surface area contributed by atoms with Gasteiger partial charge in [0.25, 0.3) is 5.91 Å². The monoisotopic (exact) mass is 556 g/mol. The van der Waals surface area contributed by atoms with Crippen molar-refractivity contribution >= 4 is 17.7 Å². The average Bonchev–Trinajstić information content (AvgIpc) is 2.93. The number of alkyl halides is 3. The van der Waals surface area contributed by atoms with Gasteiger partial charge in [0.1, 0.15) is 0 Å². The first-order chi connectivity index (χ1) is 19.1. The molecule has 2 aromatic carbocycles. The normalized spacial score (nSPS) is 14.7. The Kier molecular flexibility index (Phi) is 9.21. The first-order valence-corrected chi connectivity index (χ1v) is 13.0. The van der Waals surface area contributed by atoms with E-state index in [-0.39, 0.29) is 23.5 Å². The smallest absolute Gasteiger partial charge is 0.416 e. The standard InChI is InChI=1S/C30H32F4N4O2/c1-4-21-14-24(17-35-20(21)3)22-7-9-28(27(31)15-22)40-19-29(39)36-25-8-6-23(26(16-25)30(32,33)34)18-38-12-10-37(5-2)11-13-38/h4,6-9,14-17H,1,5,10-13,18-19H2,2-3H3,(H,36,39). The molecule has 0 saturated carbocycles. The van der Waals surface area contributed by atoms with E-state index in [2.05, 4.69) is 28.7 Å². The lowest BCUT2D eigenvalue weighted by molar-refractivity contribution is -0.138. The number of nitrogens with zero attached hydrogens (tertiary/aromatic N) is 3. The molecule has 1 aliphatic heterocycles. The molecule has 2 heterocycles. The maximum Gasteiger partial charge on any atom is 0.416 e. The van der Waals surface area contributed by atoms with E-state index in [9.17, 15) is 22.4 Å². The fraction of sp³-hybridized carbons (Fsp3) is 0.333. The number of carbonyl (C=O) groups is 1. The second-order valence-electron chi connectivity index (χ2n) is 9.66. The summed E-state index contributed by atoms with van der Waals surface area (Å²) in [6, 6.07) is 9.88. The minimum absolute atomic E-state index is 0.0128. The van der Waals surface area contributed by atoms with E-state index in [1.54, 1.807) is 18.3 Å². The van der Waals surface area contributed by atoms with Crippen LogP contribution in [-0.4, -0.2) is 60.0 Å². The topological polar surface area (TPSA) is 57.7 Å². The number of benzene rings is 2. The van der Waals surface area contributed by atoms with E-state index in [4.69, 9.17) is 4.74 Å². The van der Waals surface area contributed by atoms with Gasteiger partial charge in [0.2, 0.25) is 0 Å². The maximum absolute atomic E-state index is 14.7. The second kappa shape index (κ2) is 12.6. The van der Waals surface area contributed by atoms with Gasteiger partial charge in [-0.05, 0) is 60.5 Å². The molecule has 212 valence electrons. The van der Waals surface area contributed by atoms with Crippen LogP contribution in [0.5, 0.6) is 5.75 Å². The first-order valence-electron chi connectivity index (χ1n) is 13.0. The molecule has 0 radical (unpaired) electrons. The van der Waals surface area contributed by atoms with Gasteiger partial charge in [0, 0.05) is 55.9 Å². The quantitative estimate of drug-likeness (QED) is 0.327. The van der Waals surface area contributed by atoms with Gasteiger partial charge in [-0.25, -0.2) is 4.39 Å². The van der Waals surface area contributed by atoms with Crippen LogP contribution in [0.3, 0.4) is 0 Å². The number of aryl methyl sites for hydroxylation is 1. The molecule has 0 spiro atoms. The third kappa shape index (κ3) is 7.25. The predicted octanol–water partition coefficient (Wildman–Crippen LogP) is 6.01. The zero-order chi connectivity index (χ0) is 28.9. The van der Waals surface area contributed by atoms with E-state index in [1.807, 2.05) is 17.9 Å². The fourth-order valence-electron chi connectivity index (χ4n) is 4.61. The van der Waals surface area contributed by atoms with Crippen molar-refractivity contribution in [2.45, 2.75) is 26.6 Å². The molecule has 3 aromatic rings. The number of carbonyl (C=O) groups excluding carboxylic acids is 1. The van der Waals surface area contributed by atoms with Crippen molar-refractivity contribution in [3.63, 3.8) is 0 Å². The Bertz CT molecular complexity index is 1370. The molecule has 1 aromatic heterocycles. The van der Waals surface area contributed by atoms with Gasteiger partial charge in [-0.1, -0.05) is 31.7 Å². The summed E-state index contributed by atoms with van der Waals surface area (Å²) >= 11 is 0. The second-order valence-corrected chi connectivity index (χ2v) is 9.66. The summed E-state index contributed by atoms with van der Waals surface area (Å²) < 4.78 is 61.6. The number of ether oxygens (including phenoxy) is 1. The number of halogens is 4. The van der Waals surface area contributed by atoms with Gasteiger partial charge < -0.3 is 15.0 Å². The Morgan fingerprint density at radius 2 is 1.80 bits per heavy atom. The summed E-state index contributed by atoms with van der Waals surface area (Å²) in [4.78, 5) is 21.0. The molecular formula is C30H32F4N4O2.